The minimum absolute atomic E-state index is 0.0432. The largest absolute Gasteiger partial charge is 0.273 e. The molecule has 0 atom stereocenters. The van der Waals surface area contributed by atoms with Gasteiger partial charge in [0.15, 0.2) is 0 Å². The average Bonchev–Trinajstić information content (AvgIpc) is 2.22. The third-order valence-corrected chi connectivity index (χ3v) is 2.77. The molecule has 16 heavy (non-hydrogen) atoms. The van der Waals surface area contributed by atoms with Crippen molar-refractivity contribution < 1.29 is 4.92 Å². The van der Waals surface area contributed by atoms with Crippen molar-refractivity contribution in [1.29, 1.82) is 0 Å². The number of hydrogen-bond donors (Lipinski definition) is 0. The molecule has 2 aromatic rings. The lowest BCUT2D eigenvalue weighted by atomic mass is 10.0. The number of benzene rings is 1. The zero-order valence-electron chi connectivity index (χ0n) is 8.69. The summed E-state index contributed by atoms with van der Waals surface area (Å²) < 4.78 is 0. The summed E-state index contributed by atoms with van der Waals surface area (Å²) in [5.74, 6) is 0. The standard InChI is InChI=1S/C10H8ClN3O2/c1-5-3-7(14(15)16)6(2)8-9(5)12-4-13-10(8)11/h3-4H,1-2H3. The van der Waals surface area contributed by atoms with Crippen LogP contribution in [0.15, 0.2) is 12.4 Å². The van der Waals surface area contributed by atoms with Crippen LogP contribution in [0.25, 0.3) is 10.9 Å². The molecule has 1 aromatic carbocycles. The van der Waals surface area contributed by atoms with Crippen LogP contribution < -0.4 is 0 Å². The smallest absolute Gasteiger partial charge is 0.258 e. The number of rotatable bonds is 1. The van der Waals surface area contributed by atoms with Gasteiger partial charge >= 0.3 is 0 Å². The van der Waals surface area contributed by atoms with Crippen molar-refractivity contribution in [2.24, 2.45) is 0 Å². The number of fused-ring (bicyclic) bond motifs is 1. The van der Waals surface area contributed by atoms with Gasteiger partial charge in [-0.25, -0.2) is 9.97 Å². The first-order valence-electron chi connectivity index (χ1n) is 4.57. The highest BCUT2D eigenvalue weighted by molar-refractivity contribution is 6.34. The number of nitro benzene ring substituents is 1. The highest BCUT2D eigenvalue weighted by Crippen LogP contribution is 2.32. The highest BCUT2D eigenvalue weighted by atomic mass is 35.5. The zero-order chi connectivity index (χ0) is 11.9. The van der Waals surface area contributed by atoms with Gasteiger partial charge in [0, 0.05) is 17.0 Å². The maximum absolute atomic E-state index is 10.9. The van der Waals surface area contributed by atoms with Crippen LogP contribution in [0.3, 0.4) is 0 Å². The molecular formula is C10H8ClN3O2. The molecule has 1 heterocycles. The zero-order valence-corrected chi connectivity index (χ0v) is 9.45. The molecule has 0 aliphatic heterocycles. The maximum atomic E-state index is 10.9. The van der Waals surface area contributed by atoms with E-state index in [1.807, 2.05) is 0 Å². The Morgan fingerprint density at radius 3 is 2.69 bits per heavy atom. The van der Waals surface area contributed by atoms with Gasteiger partial charge in [0.05, 0.1) is 10.4 Å². The van der Waals surface area contributed by atoms with Crippen molar-refractivity contribution >= 4 is 28.2 Å². The molecule has 6 heteroatoms. The van der Waals surface area contributed by atoms with Crippen LogP contribution in [0.4, 0.5) is 5.69 Å². The first-order valence-corrected chi connectivity index (χ1v) is 4.95. The van der Waals surface area contributed by atoms with Crippen LogP contribution >= 0.6 is 11.6 Å². The summed E-state index contributed by atoms with van der Waals surface area (Å²) in [5.41, 5.74) is 1.91. The van der Waals surface area contributed by atoms with Crippen molar-refractivity contribution in [2.45, 2.75) is 13.8 Å². The lowest BCUT2D eigenvalue weighted by molar-refractivity contribution is -0.385. The summed E-state index contributed by atoms with van der Waals surface area (Å²) >= 11 is 5.94. The van der Waals surface area contributed by atoms with Crippen LogP contribution in [0.1, 0.15) is 11.1 Å². The molecule has 0 saturated carbocycles. The Hall–Kier alpha value is -1.75. The van der Waals surface area contributed by atoms with Crippen molar-refractivity contribution in [3.8, 4) is 0 Å². The van der Waals surface area contributed by atoms with Gasteiger partial charge in [0.2, 0.25) is 0 Å². The van der Waals surface area contributed by atoms with E-state index in [1.165, 1.54) is 12.4 Å². The number of nitrogens with zero attached hydrogens (tertiary/aromatic N) is 3. The molecule has 0 aliphatic rings. The van der Waals surface area contributed by atoms with Gasteiger partial charge in [-0.3, -0.25) is 10.1 Å². The van der Waals surface area contributed by atoms with E-state index < -0.39 is 4.92 Å². The van der Waals surface area contributed by atoms with Crippen LogP contribution in [0, 0.1) is 24.0 Å². The number of hydrogen-bond acceptors (Lipinski definition) is 4. The van der Waals surface area contributed by atoms with Gasteiger partial charge in [-0.1, -0.05) is 11.6 Å². The van der Waals surface area contributed by atoms with E-state index >= 15 is 0 Å². The van der Waals surface area contributed by atoms with Gasteiger partial charge in [-0.15, -0.1) is 0 Å². The average molecular weight is 238 g/mol. The van der Waals surface area contributed by atoms with E-state index in [0.29, 0.717) is 16.5 Å². The molecule has 0 fully saturated rings. The fraction of sp³-hybridized carbons (Fsp3) is 0.200. The Morgan fingerprint density at radius 2 is 2.06 bits per heavy atom. The Balaban J connectivity index is 2.98. The summed E-state index contributed by atoms with van der Waals surface area (Å²) in [6.07, 6.45) is 1.35. The minimum atomic E-state index is -0.425. The van der Waals surface area contributed by atoms with E-state index in [0.717, 1.165) is 5.56 Å². The normalized spacial score (nSPS) is 10.7. The summed E-state index contributed by atoms with van der Waals surface area (Å²) in [6.45, 7) is 3.41. The molecule has 0 unspecified atom stereocenters. The van der Waals surface area contributed by atoms with Crippen LogP contribution in [0.2, 0.25) is 5.15 Å². The van der Waals surface area contributed by atoms with E-state index in [9.17, 15) is 10.1 Å². The fourth-order valence-corrected chi connectivity index (χ4v) is 1.97. The molecular weight excluding hydrogens is 230 g/mol. The maximum Gasteiger partial charge on any atom is 0.273 e. The fourth-order valence-electron chi connectivity index (χ4n) is 1.69. The van der Waals surface area contributed by atoms with Crippen LogP contribution in [-0.2, 0) is 0 Å². The Bertz CT molecular complexity index is 598. The predicted molar refractivity (Wildman–Crippen MR) is 60.7 cm³/mol. The van der Waals surface area contributed by atoms with E-state index in [2.05, 4.69) is 9.97 Å². The lowest BCUT2D eigenvalue weighted by Gasteiger charge is -2.06. The third-order valence-electron chi connectivity index (χ3n) is 2.48. The number of aromatic nitrogens is 2. The lowest BCUT2D eigenvalue weighted by Crippen LogP contribution is -1.97. The Kier molecular flexibility index (Phi) is 2.47. The van der Waals surface area contributed by atoms with Gasteiger partial charge in [-0.2, -0.15) is 0 Å². The minimum Gasteiger partial charge on any atom is -0.258 e. The first-order chi connectivity index (χ1) is 7.52. The van der Waals surface area contributed by atoms with E-state index in [-0.39, 0.29) is 10.8 Å². The Labute approximate surface area is 96.2 Å². The van der Waals surface area contributed by atoms with Crippen LogP contribution in [-0.4, -0.2) is 14.9 Å². The van der Waals surface area contributed by atoms with E-state index in [4.69, 9.17) is 11.6 Å². The summed E-state index contributed by atoms with van der Waals surface area (Å²) in [4.78, 5) is 18.4. The molecule has 0 spiro atoms. The summed E-state index contributed by atoms with van der Waals surface area (Å²) in [7, 11) is 0. The molecule has 2 rings (SSSR count). The molecule has 82 valence electrons. The first kappa shape index (κ1) is 10.8. The second-order valence-corrected chi connectivity index (χ2v) is 3.84. The molecule has 0 bridgehead atoms. The topological polar surface area (TPSA) is 68.9 Å². The predicted octanol–water partition coefficient (Wildman–Crippen LogP) is 2.81. The van der Waals surface area contributed by atoms with Crippen LogP contribution in [0.5, 0.6) is 0 Å². The molecule has 0 N–H and O–H groups in total. The van der Waals surface area contributed by atoms with Crippen molar-refractivity contribution in [2.75, 3.05) is 0 Å². The van der Waals surface area contributed by atoms with E-state index in [1.54, 1.807) is 13.8 Å². The van der Waals surface area contributed by atoms with Gasteiger partial charge in [-0.05, 0) is 19.4 Å². The van der Waals surface area contributed by atoms with Gasteiger partial charge in [0.1, 0.15) is 11.5 Å². The molecule has 0 radical (unpaired) electrons. The third kappa shape index (κ3) is 1.49. The molecule has 0 saturated heterocycles. The molecule has 1 aromatic heterocycles. The summed E-state index contributed by atoms with van der Waals surface area (Å²) in [5, 5.41) is 11.6. The van der Waals surface area contributed by atoms with Gasteiger partial charge in [0.25, 0.3) is 5.69 Å². The molecule has 0 amide bonds. The highest BCUT2D eigenvalue weighted by Gasteiger charge is 2.18. The second kappa shape index (κ2) is 3.68. The number of halogens is 1. The SMILES string of the molecule is Cc1cc([N+](=O)[O-])c(C)c2c(Cl)ncnc12. The molecule has 5 nitrogen and oxygen atoms in total. The van der Waals surface area contributed by atoms with Crippen molar-refractivity contribution in [3.05, 3.63) is 38.8 Å². The summed E-state index contributed by atoms with van der Waals surface area (Å²) in [6, 6.07) is 1.50. The van der Waals surface area contributed by atoms with Crippen molar-refractivity contribution in [3.63, 3.8) is 0 Å². The quantitative estimate of drug-likeness (QED) is 0.434. The molecule has 0 aliphatic carbocycles. The van der Waals surface area contributed by atoms with Gasteiger partial charge < -0.3 is 0 Å². The van der Waals surface area contributed by atoms with Crippen molar-refractivity contribution in [1.82, 2.24) is 9.97 Å². The Morgan fingerprint density at radius 1 is 1.38 bits per heavy atom. The number of aryl methyl sites for hydroxylation is 2. The second-order valence-electron chi connectivity index (χ2n) is 3.48. The monoisotopic (exact) mass is 237 g/mol. The number of nitro groups is 1.